The maximum atomic E-state index is 12.8. The zero-order valence-electron chi connectivity index (χ0n) is 18.0. The van der Waals surface area contributed by atoms with Gasteiger partial charge in [-0.05, 0) is 51.9 Å². The number of ketones is 1. The van der Waals surface area contributed by atoms with Crippen LogP contribution in [0.2, 0.25) is 5.02 Å². The molecule has 0 radical (unpaired) electrons. The monoisotopic (exact) mass is 452 g/mol. The SMILES string of the molecule is CN(C(=O)CN1CCCCC1)C(C)(C)C(=O)c1ccccc1Cl.O=C(O)/C=C/C(=O)O. The number of carbonyl (C=O) groups is 4. The largest absolute Gasteiger partial charge is 0.478 e. The van der Waals surface area contributed by atoms with Crippen molar-refractivity contribution in [1.82, 2.24) is 9.80 Å². The number of likely N-dealkylation sites (tertiary alicyclic amines) is 1. The molecular formula is C22H29ClN2O6. The molecule has 9 heteroatoms. The number of Topliss-reactive ketones (excluding diaryl/α,β-unsaturated/α-hetero) is 1. The lowest BCUT2D eigenvalue weighted by Crippen LogP contribution is -2.53. The lowest BCUT2D eigenvalue weighted by atomic mass is 9.91. The van der Waals surface area contributed by atoms with E-state index in [2.05, 4.69) is 4.90 Å². The normalized spacial score (nSPS) is 14.5. The minimum absolute atomic E-state index is 0.0303. The molecule has 0 spiro atoms. The van der Waals surface area contributed by atoms with Gasteiger partial charge in [-0.25, -0.2) is 9.59 Å². The molecule has 1 aliphatic rings. The van der Waals surface area contributed by atoms with E-state index < -0.39 is 17.5 Å². The first kappa shape index (κ1) is 26.3. The van der Waals surface area contributed by atoms with E-state index in [1.54, 1.807) is 50.1 Å². The Hall–Kier alpha value is -2.71. The molecule has 2 rings (SSSR count). The second-order valence-electron chi connectivity index (χ2n) is 7.67. The van der Waals surface area contributed by atoms with Crippen LogP contribution < -0.4 is 0 Å². The Bertz CT molecular complexity index is 815. The molecule has 0 aliphatic carbocycles. The van der Waals surface area contributed by atoms with Crippen LogP contribution in [0.15, 0.2) is 36.4 Å². The van der Waals surface area contributed by atoms with E-state index in [-0.39, 0.29) is 11.7 Å². The fourth-order valence-corrected chi connectivity index (χ4v) is 3.22. The molecule has 0 atom stereocenters. The number of carboxylic acids is 2. The number of amides is 1. The average molecular weight is 453 g/mol. The number of halogens is 1. The van der Waals surface area contributed by atoms with E-state index in [0.717, 1.165) is 25.9 Å². The van der Waals surface area contributed by atoms with Crippen LogP contribution in [-0.4, -0.2) is 75.9 Å². The second kappa shape index (κ2) is 12.2. The highest BCUT2D eigenvalue weighted by Gasteiger charge is 2.37. The first-order chi connectivity index (χ1) is 14.5. The minimum atomic E-state index is -1.26. The van der Waals surface area contributed by atoms with Crippen molar-refractivity contribution in [3.8, 4) is 0 Å². The summed E-state index contributed by atoms with van der Waals surface area (Å²) in [6.07, 6.45) is 4.62. The third-order valence-electron chi connectivity index (χ3n) is 5.06. The number of nitrogens with zero attached hydrogens (tertiary/aromatic N) is 2. The summed E-state index contributed by atoms with van der Waals surface area (Å²) in [5.74, 6) is -2.69. The van der Waals surface area contributed by atoms with Crippen LogP contribution in [0.1, 0.15) is 43.5 Å². The van der Waals surface area contributed by atoms with E-state index in [0.29, 0.717) is 29.3 Å². The van der Waals surface area contributed by atoms with Gasteiger partial charge in [-0.3, -0.25) is 14.5 Å². The molecule has 0 aromatic heterocycles. The summed E-state index contributed by atoms with van der Waals surface area (Å²) in [5.41, 5.74) is -0.477. The van der Waals surface area contributed by atoms with Gasteiger partial charge in [0.15, 0.2) is 5.78 Å². The Morgan fingerprint density at radius 2 is 1.55 bits per heavy atom. The molecule has 1 heterocycles. The molecule has 1 aromatic carbocycles. The number of benzene rings is 1. The van der Waals surface area contributed by atoms with E-state index in [4.69, 9.17) is 21.8 Å². The summed E-state index contributed by atoms with van der Waals surface area (Å²) in [6, 6.07) is 6.97. The summed E-state index contributed by atoms with van der Waals surface area (Å²) in [6.45, 7) is 5.83. The zero-order valence-corrected chi connectivity index (χ0v) is 18.8. The molecule has 0 unspecified atom stereocenters. The van der Waals surface area contributed by atoms with Crippen molar-refractivity contribution >= 4 is 35.2 Å². The van der Waals surface area contributed by atoms with Crippen LogP contribution in [0.3, 0.4) is 0 Å². The van der Waals surface area contributed by atoms with Crippen molar-refractivity contribution in [3.05, 3.63) is 47.0 Å². The predicted molar refractivity (Wildman–Crippen MR) is 117 cm³/mol. The van der Waals surface area contributed by atoms with Crippen molar-refractivity contribution in [1.29, 1.82) is 0 Å². The van der Waals surface area contributed by atoms with Gasteiger partial charge >= 0.3 is 11.9 Å². The van der Waals surface area contributed by atoms with Crippen molar-refractivity contribution < 1.29 is 29.4 Å². The lowest BCUT2D eigenvalue weighted by Gasteiger charge is -2.36. The lowest BCUT2D eigenvalue weighted by molar-refractivity contribution is -0.135. The molecule has 170 valence electrons. The molecule has 8 nitrogen and oxygen atoms in total. The quantitative estimate of drug-likeness (QED) is 0.482. The molecule has 2 N–H and O–H groups in total. The highest BCUT2D eigenvalue weighted by atomic mass is 35.5. The standard InChI is InChI=1S/C18H25ClN2O2.C4H4O4/c1-18(2,17(23)14-9-5-6-10-15(14)19)20(3)16(22)13-21-11-7-4-8-12-21;5-3(6)1-2-4(7)8/h5-6,9-10H,4,7-8,11-13H2,1-3H3;1-2H,(H,5,6)(H,7,8)/b;2-1+. The van der Waals surface area contributed by atoms with Gasteiger partial charge in [-0.2, -0.15) is 0 Å². The summed E-state index contributed by atoms with van der Waals surface area (Å²) >= 11 is 6.13. The van der Waals surface area contributed by atoms with Crippen LogP contribution in [0.4, 0.5) is 0 Å². The van der Waals surface area contributed by atoms with Gasteiger partial charge in [0, 0.05) is 24.8 Å². The predicted octanol–water partition coefficient (Wildman–Crippen LogP) is 2.96. The van der Waals surface area contributed by atoms with Crippen molar-refractivity contribution in [2.24, 2.45) is 0 Å². The highest BCUT2D eigenvalue weighted by molar-refractivity contribution is 6.34. The van der Waals surface area contributed by atoms with Crippen molar-refractivity contribution in [2.45, 2.75) is 38.6 Å². The van der Waals surface area contributed by atoms with Crippen LogP contribution in [0.25, 0.3) is 0 Å². The molecule has 1 fully saturated rings. The topological polar surface area (TPSA) is 115 Å². The molecule has 31 heavy (non-hydrogen) atoms. The Morgan fingerprint density at radius 3 is 2.03 bits per heavy atom. The van der Waals surface area contributed by atoms with Gasteiger partial charge in [0.2, 0.25) is 5.91 Å². The summed E-state index contributed by atoms with van der Waals surface area (Å²) < 4.78 is 0. The number of carbonyl (C=O) groups excluding carboxylic acids is 2. The second-order valence-corrected chi connectivity index (χ2v) is 8.07. The van der Waals surface area contributed by atoms with E-state index in [9.17, 15) is 19.2 Å². The number of rotatable bonds is 7. The van der Waals surface area contributed by atoms with E-state index in [1.807, 2.05) is 0 Å². The van der Waals surface area contributed by atoms with Gasteiger partial charge in [-0.1, -0.05) is 30.2 Å². The van der Waals surface area contributed by atoms with Crippen molar-refractivity contribution in [3.63, 3.8) is 0 Å². The molecular weight excluding hydrogens is 424 g/mol. The molecule has 1 saturated heterocycles. The van der Waals surface area contributed by atoms with Gasteiger partial charge in [0.05, 0.1) is 11.6 Å². The maximum Gasteiger partial charge on any atom is 0.328 e. The van der Waals surface area contributed by atoms with Crippen LogP contribution in [0.5, 0.6) is 0 Å². The highest BCUT2D eigenvalue weighted by Crippen LogP contribution is 2.25. The van der Waals surface area contributed by atoms with Crippen LogP contribution in [0, 0.1) is 0 Å². The molecule has 1 amide bonds. The maximum absolute atomic E-state index is 12.8. The van der Waals surface area contributed by atoms with E-state index >= 15 is 0 Å². The number of piperidine rings is 1. The van der Waals surface area contributed by atoms with Gasteiger partial charge in [-0.15, -0.1) is 0 Å². The molecule has 1 aromatic rings. The number of aliphatic carboxylic acids is 2. The van der Waals surface area contributed by atoms with Gasteiger partial charge in [0.1, 0.15) is 5.54 Å². The summed E-state index contributed by atoms with van der Waals surface area (Å²) in [7, 11) is 1.70. The van der Waals surface area contributed by atoms with Gasteiger partial charge in [0.25, 0.3) is 0 Å². The van der Waals surface area contributed by atoms with Gasteiger partial charge < -0.3 is 15.1 Å². The number of carboxylic acid groups (broad SMARTS) is 2. The number of hydrogen-bond acceptors (Lipinski definition) is 5. The van der Waals surface area contributed by atoms with Crippen LogP contribution >= 0.6 is 11.6 Å². The Balaban J connectivity index is 0.000000512. The smallest absolute Gasteiger partial charge is 0.328 e. The fraction of sp³-hybridized carbons (Fsp3) is 0.455. The number of likely N-dealkylation sites (N-methyl/N-ethyl adjacent to an activating group) is 1. The molecule has 0 saturated carbocycles. The Kier molecular flexibility index (Phi) is 10.4. The van der Waals surface area contributed by atoms with Crippen LogP contribution in [-0.2, 0) is 14.4 Å². The number of hydrogen-bond donors (Lipinski definition) is 2. The van der Waals surface area contributed by atoms with E-state index in [1.165, 1.54) is 6.42 Å². The summed E-state index contributed by atoms with van der Waals surface area (Å²) in [5, 5.41) is 16.0. The fourth-order valence-electron chi connectivity index (χ4n) is 3.00. The molecule has 1 aliphatic heterocycles. The van der Waals surface area contributed by atoms with Crippen molar-refractivity contribution in [2.75, 3.05) is 26.7 Å². The first-order valence-electron chi connectivity index (χ1n) is 9.89. The average Bonchev–Trinajstić information content (AvgIpc) is 2.72. The minimum Gasteiger partial charge on any atom is -0.478 e. The zero-order chi connectivity index (χ0) is 23.6. The first-order valence-corrected chi connectivity index (χ1v) is 10.3. The summed E-state index contributed by atoms with van der Waals surface area (Å²) in [4.78, 5) is 48.2. The Labute approximate surface area is 187 Å². The third-order valence-corrected chi connectivity index (χ3v) is 5.39. The Morgan fingerprint density at radius 1 is 1.03 bits per heavy atom. The third kappa shape index (κ3) is 8.51. The molecule has 0 bridgehead atoms.